The van der Waals surface area contributed by atoms with Crippen molar-refractivity contribution in [1.29, 1.82) is 0 Å². The van der Waals surface area contributed by atoms with Crippen molar-refractivity contribution >= 4 is 18.1 Å². The quantitative estimate of drug-likeness (QED) is 0.762. The van der Waals surface area contributed by atoms with E-state index in [1.54, 1.807) is 12.1 Å². The Hall–Kier alpha value is -2.97. The zero-order valence-corrected chi connectivity index (χ0v) is 11.9. The van der Waals surface area contributed by atoms with Gasteiger partial charge in [0, 0.05) is 5.56 Å². The molecule has 4 N–H and O–H groups in total. The molecule has 0 aliphatic carbocycles. The predicted molar refractivity (Wildman–Crippen MR) is 77.9 cm³/mol. The van der Waals surface area contributed by atoms with E-state index in [1.807, 2.05) is 0 Å². The maximum Gasteiger partial charge on any atom is 0.243 e. The van der Waals surface area contributed by atoms with Gasteiger partial charge in [-0.15, -0.1) is 9.89 Å². The molecule has 0 fully saturated rings. The Morgan fingerprint density at radius 3 is 2.14 bits per heavy atom. The predicted octanol–water partition coefficient (Wildman–Crippen LogP) is 0.350. The highest BCUT2D eigenvalue weighted by Crippen LogP contribution is 2.37. The number of nitrogens with two attached hydrogens (primary N) is 2. The van der Waals surface area contributed by atoms with E-state index >= 15 is 0 Å². The van der Waals surface area contributed by atoms with Crippen LogP contribution in [-0.4, -0.2) is 42.4 Å². The number of methoxy groups -OCH3 is 3. The van der Waals surface area contributed by atoms with E-state index in [-0.39, 0.29) is 11.9 Å². The Kier molecular flexibility index (Phi) is 4.12. The lowest BCUT2D eigenvalue weighted by Crippen LogP contribution is -2.01. The average molecular weight is 292 g/mol. The molecule has 2 rings (SSSR count). The number of hydrogen-bond donors (Lipinski definition) is 2. The van der Waals surface area contributed by atoms with E-state index in [4.69, 9.17) is 25.7 Å². The van der Waals surface area contributed by atoms with Crippen molar-refractivity contribution in [3.8, 4) is 17.2 Å². The smallest absolute Gasteiger partial charge is 0.243 e. The topological polar surface area (TPSA) is 123 Å². The molecule has 21 heavy (non-hydrogen) atoms. The molecule has 0 aliphatic rings. The molecule has 0 aliphatic heterocycles. The standard InChI is InChI=1S/C12H16N6O3/c1-19-8-4-7(5-9(20-2)10(8)21-3)6-15-18-12(14)16-11(13)17-18/h4-6H,1-3H3,(H4,13,14,16,17). The van der Waals surface area contributed by atoms with Gasteiger partial charge < -0.3 is 25.7 Å². The highest BCUT2D eigenvalue weighted by molar-refractivity contribution is 5.82. The summed E-state index contributed by atoms with van der Waals surface area (Å²) in [7, 11) is 4.61. The molecule has 0 unspecified atom stereocenters. The van der Waals surface area contributed by atoms with E-state index < -0.39 is 0 Å². The molecule has 1 heterocycles. The zero-order valence-electron chi connectivity index (χ0n) is 11.9. The first kappa shape index (κ1) is 14.4. The van der Waals surface area contributed by atoms with E-state index in [1.165, 1.54) is 27.5 Å². The van der Waals surface area contributed by atoms with Crippen LogP contribution in [0.3, 0.4) is 0 Å². The highest BCUT2D eigenvalue weighted by atomic mass is 16.5. The van der Waals surface area contributed by atoms with Crippen LogP contribution < -0.4 is 25.7 Å². The van der Waals surface area contributed by atoms with Gasteiger partial charge >= 0.3 is 0 Å². The Bertz CT molecular complexity index is 642. The third kappa shape index (κ3) is 2.96. The van der Waals surface area contributed by atoms with Crippen LogP contribution in [-0.2, 0) is 0 Å². The third-order valence-corrected chi connectivity index (χ3v) is 2.63. The number of nitrogen functional groups attached to an aromatic ring is 2. The summed E-state index contributed by atoms with van der Waals surface area (Å²) in [6.45, 7) is 0. The van der Waals surface area contributed by atoms with Crippen molar-refractivity contribution in [3.63, 3.8) is 0 Å². The summed E-state index contributed by atoms with van der Waals surface area (Å²) in [5.41, 5.74) is 11.7. The third-order valence-electron chi connectivity index (χ3n) is 2.63. The number of rotatable bonds is 5. The number of anilines is 2. The second-order valence-corrected chi connectivity index (χ2v) is 3.92. The number of benzene rings is 1. The van der Waals surface area contributed by atoms with Crippen LogP contribution in [0.5, 0.6) is 17.2 Å². The van der Waals surface area contributed by atoms with Crippen LogP contribution in [0.4, 0.5) is 11.9 Å². The molecule has 1 aromatic carbocycles. The van der Waals surface area contributed by atoms with Crippen LogP contribution in [0.2, 0.25) is 0 Å². The van der Waals surface area contributed by atoms with Gasteiger partial charge in [-0.2, -0.15) is 10.1 Å². The molecule has 9 nitrogen and oxygen atoms in total. The summed E-state index contributed by atoms with van der Waals surface area (Å²) in [6, 6.07) is 3.47. The first-order valence-electron chi connectivity index (χ1n) is 5.91. The number of hydrogen-bond acceptors (Lipinski definition) is 8. The van der Waals surface area contributed by atoms with E-state index in [0.717, 1.165) is 4.79 Å². The number of aromatic nitrogens is 3. The van der Waals surface area contributed by atoms with Crippen LogP contribution in [0, 0.1) is 0 Å². The van der Waals surface area contributed by atoms with Crippen LogP contribution >= 0.6 is 0 Å². The molecular weight excluding hydrogens is 276 g/mol. The summed E-state index contributed by atoms with van der Waals surface area (Å²) in [6.07, 6.45) is 1.52. The maximum atomic E-state index is 5.59. The van der Waals surface area contributed by atoms with Gasteiger partial charge in [-0.05, 0) is 12.1 Å². The van der Waals surface area contributed by atoms with Gasteiger partial charge in [-0.1, -0.05) is 0 Å². The van der Waals surface area contributed by atoms with Crippen LogP contribution in [0.15, 0.2) is 17.2 Å². The van der Waals surface area contributed by atoms with Crippen LogP contribution in [0.1, 0.15) is 5.56 Å². The van der Waals surface area contributed by atoms with Gasteiger partial charge in [-0.25, -0.2) is 0 Å². The molecule has 0 saturated heterocycles. The molecule has 1 aromatic heterocycles. The minimum atomic E-state index is 0.0505. The first-order chi connectivity index (χ1) is 10.1. The minimum Gasteiger partial charge on any atom is -0.493 e. The van der Waals surface area contributed by atoms with Gasteiger partial charge in [-0.3, -0.25) is 0 Å². The van der Waals surface area contributed by atoms with Crippen molar-refractivity contribution in [3.05, 3.63) is 17.7 Å². The van der Waals surface area contributed by atoms with Crippen molar-refractivity contribution in [2.24, 2.45) is 5.10 Å². The summed E-state index contributed by atoms with van der Waals surface area (Å²) < 4.78 is 15.7. The molecule has 0 saturated carbocycles. The van der Waals surface area contributed by atoms with Gasteiger partial charge in [0.2, 0.25) is 17.6 Å². The fourth-order valence-corrected chi connectivity index (χ4v) is 1.71. The largest absolute Gasteiger partial charge is 0.493 e. The molecule has 0 spiro atoms. The molecule has 9 heteroatoms. The lowest BCUT2D eigenvalue weighted by Gasteiger charge is -2.12. The van der Waals surface area contributed by atoms with Crippen molar-refractivity contribution in [2.75, 3.05) is 32.8 Å². The number of ether oxygens (including phenoxy) is 3. The van der Waals surface area contributed by atoms with Gasteiger partial charge in [0.1, 0.15) is 0 Å². The Balaban J connectivity index is 2.38. The molecule has 112 valence electrons. The van der Waals surface area contributed by atoms with E-state index in [9.17, 15) is 0 Å². The second kappa shape index (κ2) is 5.99. The lowest BCUT2D eigenvalue weighted by molar-refractivity contribution is 0.324. The summed E-state index contributed by atoms with van der Waals surface area (Å²) in [5.74, 6) is 1.68. The van der Waals surface area contributed by atoms with Crippen LogP contribution in [0.25, 0.3) is 0 Å². The molecule has 0 atom stereocenters. The highest BCUT2D eigenvalue weighted by Gasteiger charge is 2.12. The van der Waals surface area contributed by atoms with Gasteiger partial charge in [0.25, 0.3) is 0 Å². The molecule has 0 bridgehead atoms. The zero-order chi connectivity index (χ0) is 15.4. The Morgan fingerprint density at radius 1 is 1.10 bits per heavy atom. The number of nitrogens with zero attached hydrogens (tertiary/aromatic N) is 4. The first-order valence-corrected chi connectivity index (χ1v) is 5.91. The molecule has 0 radical (unpaired) electrons. The van der Waals surface area contributed by atoms with Gasteiger partial charge in [0.15, 0.2) is 11.5 Å². The monoisotopic (exact) mass is 292 g/mol. The summed E-state index contributed by atoms with van der Waals surface area (Å²) >= 11 is 0. The maximum absolute atomic E-state index is 5.59. The lowest BCUT2D eigenvalue weighted by atomic mass is 10.2. The van der Waals surface area contributed by atoms with Crippen molar-refractivity contribution < 1.29 is 14.2 Å². The van der Waals surface area contributed by atoms with Crippen molar-refractivity contribution in [1.82, 2.24) is 14.9 Å². The normalized spacial score (nSPS) is 10.8. The summed E-state index contributed by atoms with van der Waals surface area (Å²) in [4.78, 5) is 4.87. The molecule has 0 amide bonds. The van der Waals surface area contributed by atoms with Gasteiger partial charge in [0.05, 0.1) is 27.5 Å². The van der Waals surface area contributed by atoms with Crippen molar-refractivity contribution in [2.45, 2.75) is 0 Å². The Morgan fingerprint density at radius 2 is 1.71 bits per heavy atom. The second-order valence-electron chi connectivity index (χ2n) is 3.92. The Labute approximate surface area is 121 Å². The molecule has 2 aromatic rings. The SMILES string of the molecule is COc1cc(C=Nn2nc(N)nc2N)cc(OC)c1OC. The fourth-order valence-electron chi connectivity index (χ4n) is 1.71. The fraction of sp³-hybridized carbons (Fsp3) is 0.250. The summed E-state index contributed by atoms with van der Waals surface area (Å²) in [5, 5.41) is 7.88. The van der Waals surface area contributed by atoms with E-state index in [0.29, 0.717) is 22.8 Å². The van der Waals surface area contributed by atoms with E-state index in [2.05, 4.69) is 15.2 Å². The average Bonchev–Trinajstić information content (AvgIpc) is 2.81. The minimum absolute atomic E-state index is 0.0505. The molecular formula is C12H16N6O3.